The molecule has 0 aliphatic carbocycles. The Morgan fingerprint density at radius 1 is 1.27 bits per heavy atom. The normalized spacial score (nSPS) is 32.1. The second kappa shape index (κ2) is 3.46. The Balaban J connectivity index is 2.15. The van der Waals surface area contributed by atoms with Crippen LogP contribution in [0.3, 0.4) is 0 Å². The molecule has 2 saturated heterocycles. The molecule has 1 N–H and O–H groups in total. The first-order chi connectivity index (χ1) is 6.89. The van der Waals surface area contributed by atoms with E-state index in [9.17, 15) is 9.90 Å². The Kier molecular flexibility index (Phi) is 2.51. The molecule has 2 rings (SSSR count). The van der Waals surface area contributed by atoms with E-state index < -0.39 is 5.60 Å². The summed E-state index contributed by atoms with van der Waals surface area (Å²) in [5, 5.41) is 9.76. The van der Waals surface area contributed by atoms with Crippen molar-refractivity contribution in [1.29, 1.82) is 0 Å². The summed E-state index contributed by atoms with van der Waals surface area (Å²) in [6, 6.07) is 0.625. The molecule has 2 atom stereocenters. The Bertz CT molecular complexity index is 258. The van der Waals surface area contributed by atoms with Crippen molar-refractivity contribution < 1.29 is 9.90 Å². The number of amides is 1. The quantitative estimate of drug-likeness (QED) is 0.668. The molecule has 0 radical (unpaired) electrons. The van der Waals surface area contributed by atoms with Crippen molar-refractivity contribution in [3.8, 4) is 0 Å². The van der Waals surface area contributed by atoms with Crippen molar-refractivity contribution in [1.82, 2.24) is 9.80 Å². The van der Waals surface area contributed by atoms with Gasteiger partial charge in [-0.15, -0.1) is 0 Å². The Labute approximate surface area is 90.9 Å². The van der Waals surface area contributed by atoms with Crippen molar-refractivity contribution >= 4 is 5.91 Å². The average molecular weight is 212 g/mol. The number of carbonyl (C=O) groups is 1. The molecule has 0 saturated carbocycles. The first kappa shape index (κ1) is 10.9. The highest BCUT2D eigenvalue weighted by atomic mass is 16.3. The Morgan fingerprint density at radius 2 is 1.73 bits per heavy atom. The number of hydrogen-bond acceptors (Lipinski definition) is 3. The van der Waals surface area contributed by atoms with E-state index in [-0.39, 0.29) is 5.91 Å². The number of fused-ring (bicyclic) bond motifs is 2. The van der Waals surface area contributed by atoms with Gasteiger partial charge >= 0.3 is 0 Å². The van der Waals surface area contributed by atoms with Gasteiger partial charge in [0.2, 0.25) is 0 Å². The summed E-state index contributed by atoms with van der Waals surface area (Å²) in [7, 11) is 2.09. The maximum atomic E-state index is 12.0. The van der Waals surface area contributed by atoms with Crippen molar-refractivity contribution in [2.24, 2.45) is 0 Å². The lowest BCUT2D eigenvalue weighted by Gasteiger charge is -2.41. The monoisotopic (exact) mass is 212 g/mol. The van der Waals surface area contributed by atoms with E-state index in [0.29, 0.717) is 12.1 Å². The molecule has 4 heteroatoms. The number of rotatable bonds is 1. The molecular formula is C11H20N2O2. The zero-order valence-corrected chi connectivity index (χ0v) is 9.73. The molecule has 2 fully saturated rings. The van der Waals surface area contributed by atoms with Crippen LogP contribution >= 0.6 is 0 Å². The van der Waals surface area contributed by atoms with Crippen molar-refractivity contribution in [2.75, 3.05) is 20.1 Å². The third kappa shape index (κ3) is 1.88. The van der Waals surface area contributed by atoms with Crippen LogP contribution in [0, 0.1) is 0 Å². The molecule has 15 heavy (non-hydrogen) atoms. The maximum absolute atomic E-state index is 12.0. The smallest absolute Gasteiger partial charge is 0.254 e. The summed E-state index contributed by atoms with van der Waals surface area (Å²) in [4.78, 5) is 16.2. The highest BCUT2D eigenvalue weighted by Crippen LogP contribution is 2.31. The molecule has 2 heterocycles. The van der Waals surface area contributed by atoms with Crippen LogP contribution in [0.4, 0.5) is 0 Å². The lowest BCUT2D eigenvalue weighted by Crippen LogP contribution is -2.59. The van der Waals surface area contributed by atoms with Gasteiger partial charge in [-0.05, 0) is 33.7 Å². The number of likely N-dealkylation sites (tertiary alicyclic amines) is 1. The van der Waals surface area contributed by atoms with Crippen LogP contribution in [0.15, 0.2) is 0 Å². The number of aliphatic hydroxyl groups is 1. The first-order valence-corrected chi connectivity index (χ1v) is 5.63. The van der Waals surface area contributed by atoms with Gasteiger partial charge in [-0.2, -0.15) is 0 Å². The van der Waals surface area contributed by atoms with Gasteiger partial charge in [-0.3, -0.25) is 4.79 Å². The molecule has 0 aromatic carbocycles. The molecular weight excluding hydrogens is 192 g/mol. The minimum atomic E-state index is -1.23. The summed E-state index contributed by atoms with van der Waals surface area (Å²) in [5.41, 5.74) is -1.23. The van der Waals surface area contributed by atoms with Gasteiger partial charge in [0.1, 0.15) is 5.60 Å². The molecule has 2 bridgehead atoms. The van der Waals surface area contributed by atoms with E-state index in [1.54, 1.807) is 13.8 Å². The Hall–Kier alpha value is -0.610. The average Bonchev–Trinajstić information content (AvgIpc) is 2.35. The van der Waals surface area contributed by atoms with Gasteiger partial charge in [0, 0.05) is 25.2 Å². The van der Waals surface area contributed by atoms with E-state index in [0.717, 1.165) is 25.9 Å². The summed E-state index contributed by atoms with van der Waals surface area (Å²) in [6.45, 7) is 5.04. The molecule has 0 aromatic heterocycles. The lowest BCUT2D eigenvalue weighted by atomic mass is 10.1. The SMILES string of the molecule is CN1CC2CCC(C1)N2C(=O)C(C)(C)O. The standard InChI is InChI=1S/C11H20N2O2/c1-11(2,15)10(14)13-8-4-5-9(13)7-12(3)6-8/h8-9,15H,4-7H2,1-3H3. The third-order valence-electron chi connectivity index (χ3n) is 3.42. The summed E-state index contributed by atoms with van der Waals surface area (Å²) < 4.78 is 0. The van der Waals surface area contributed by atoms with Crippen molar-refractivity contribution in [3.05, 3.63) is 0 Å². The van der Waals surface area contributed by atoms with E-state index in [1.165, 1.54) is 0 Å². The van der Waals surface area contributed by atoms with Gasteiger partial charge in [-0.25, -0.2) is 0 Å². The van der Waals surface area contributed by atoms with Gasteiger partial charge in [0.25, 0.3) is 5.91 Å². The minimum Gasteiger partial charge on any atom is -0.381 e. The fourth-order valence-electron chi connectivity index (χ4n) is 2.76. The van der Waals surface area contributed by atoms with Crippen LogP contribution < -0.4 is 0 Å². The van der Waals surface area contributed by atoms with Gasteiger partial charge in [0.05, 0.1) is 0 Å². The summed E-state index contributed by atoms with van der Waals surface area (Å²) in [6.07, 6.45) is 2.16. The summed E-state index contributed by atoms with van der Waals surface area (Å²) >= 11 is 0. The van der Waals surface area contributed by atoms with Crippen LogP contribution in [0.5, 0.6) is 0 Å². The molecule has 2 unspecified atom stereocenters. The van der Waals surface area contributed by atoms with Crippen molar-refractivity contribution in [3.63, 3.8) is 0 Å². The first-order valence-electron chi connectivity index (χ1n) is 5.63. The largest absolute Gasteiger partial charge is 0.381 e. The molecule has 1 amide bonds. The van der Waals surface area contributed by atoms with Crippen LogP contribution in [0.1, 0.15) is 26.7 Å². The second-order valence-corrected chi connectivity index (χ2v) is 5.38. The highest BCUT2D eigenvalue weighted by Gasteiger charge is 2.45. The number of carbonyl (C=O) groups excluding carboxylic acids is 1. The van der Waals surface area contributed by atoms with Crippen LogP contribution in [-0.4, -0.2) is 58.6 Å². The fourth-order valence-corrected chi connectivity index (χ4v) is 2.76. The number of hydrogen-bond donors (Lipinski definition) is 1. The van der Waals surface area contributed by atoms with Gasteiger partial charge in [0.15, 0.2) is 0 Å². The van der Waals surface area contributed by atoms with Gasteiger partial charge < -0.3 is 14.9 Å². The Morgan fingerprint density at radius 3 is 2.13 bits per heavy atom. The molecule has 86 valence electrons. The molecule has 2 aliphatic rings. The molecule has 0 aromatic rings. The highest BCUT2D eigenvalue weighted by molar-refractivity contribution is 5.85. The zero-order chi connectivity index (χ0) is 11.2. The zero-order valence-electron chi connectivity index (χ0n) is 9.73. The predicted octanol–water partition coefficient (Wildman–Crippen LogP) is 0.0623. The third-order valence-corrected chi connectivity index (χ3v) is 3.42. The lowest BCUT2D eigenvalue weighted by molar-refractivity contribution is -0.153. The van der Waals surface area contributed by atoms with E-state index >= 15 is 0 Å². The fraction of sp³-hybridized carbons (Fsp3) is 0.909. The topological polar surface area (TPSA) is 43.8 Å². The number of piperazine rings is 1. The molecule has 0 spiro atoms. The molecule has 2 aliphatic heterocycles. The number of nitrogens with zero attached hydrogens (tertiary/aromatic N) is 2. The van der Waals surface area contributed by atoms with Crippen LogP contribution in [-0.2, 0) is 4.79 Å². The van der Waals surface area contributed by atoms with Crippen LogP contribution in [0.25, 0.3) is 0 Å². The van der Waals surface area contributed by atoms with E-state index in [4.69, 9.17) is 0 Å². The van der Waals surface area contributed by atoms with Gasteiger partial charge in [-0.1, -0.05) is 0 Å². The van der Waals surface area contributed by atoms with Crippen LogP contribution in [0.2, 0.25) is 0 Å². The second-order valence-electron chi connectivity index (χ2n) is 5.38. The van der Waals surface area contributed by atoms with E-state index in [2.05, 4.69) is 11.9 Å². The van der Waals surface area contributed by atoms with E-state index in [1.807, 2.05) is 4.90 Å². The predicted molar refractivity (Wildman–Crippen MR) is 57.5 cm³/mol. The maximum Gasteiger partial charge on any atom is 0.254 e. The summed E-state index contributed by atoms with van der Waals surface area (Å²) in [5.74, 6) is -0.108. The minimum absolute atomic E-state index is 0.108. The molecule has 4 nitrogen and oxygen atoms in total. The van der Waals surface area contributed by atoms with Crippen molar-refractivity contribution in [2.45, 2.75) is 44.4 Å². The number of likely N-dealkylation sites (N-methyl/N-ethyl adjacent to an activating group) is 1.